The number of aromatic nitrogens is 3. The molecule has 0 aliphatic rings. The third kappa shape index (κ3) is 3.16. The van der Waals surface area contributed by atoms with Crippen LogP contribution in [-0.4, -0.2) is 14.6 Å². The molecule has 0 fully saturated rings. The van der Waals surface area contributed by atoms with Crippen molar-refractivity contribution in [1.29, 1.82) is 0 Å². The first-order valence-electron chi connectivity index (χ1n) is 8.07. The summed E-state index contributed by atoms with van der Waals surface area (Å²) >= 11 is 6.22. The van der Waals surface area contributed by atoms with Crippen LogP contribution in [-0.2, 0) is 13.1 Å². The molecule has 0 bridgehead atoms. The molecule has 2 heterocycles. The molecule has 1 N–H and O–H groups in total. The van der Waals surface area contributed by atoms with E-state index in [1.165, 1.54) is 5.56 Å². The topological polar surface area (TPSA) is 55.4 Å². The molecule has 0 aliphatic heterocycles. The smallest absolute Gasteiger partial charge is 0.325 e. The third-order valence-corrected chi connectivity index (χ3v) is 4.42. The predicted molar refractivity (Wildman–Crippen MR) is 97.4 cm³/mol. The number of nitrogens with one attached hydrogen (secondary N) is 1. The summed E-state index contributed by atoms with van der Waals surface area (Å²) in [5.74, 6) is 1.87. The van der Waals surface area contributed by atoms with E-state index in [0.717, 1.165) is 23.6 Å². The van der Waals surface area contributed by atoms with Crippen LogP contribution in [0.2, 0.25) is 5.02 Å². The molecule has 0 saturated carbocycles. The van der Waals surface area contributed by atoms with Gasteiger partial charge in [-0.15, -0.1) is 5.10 Å². The minimum atomic E-state index is 0.476. The molecule has 2 aromatic carbocycles. The summed E-state index contributed by atoms with van der Waals surface area (Å²) in [7, 11) is 0. The van der Waals surface area contributed by atoms with E-state index in [0.29, 0.717) is 23.2 Å². The average molecular weight is 353 g/mol. The molecule has 0 unspecified atom stereocenters. The Bertz CT molecular complexity index is 1010. The summed E-state index contributed by atoms with van der Waals surface area (Å²) in [5.41, 5.74) is 2.96. The first kappa shape index (κ1) is 15.9. The molecule has 0 radical (unpaired) electrons. The Morgan fingerprint density at radius 3 is 2.56 bits per heavy atom. The molecule has 6 heteroatoms. The fourth-order valence-electron chi connectivity index (χ4n) is 2.72. The Labute approximate surface area is 150 Å². The van der Waals surface area contributed by atoms with Crippen LogP contribution in [0.25, 0.3) is 17.2 Å². The van der Waals surface area contributed by atoms with E-state index in [-0.39, 0.29) is 0 Å². The van der Waals surface area contributed by atoms with Gasteiger partial charge in [-0.1, -0.05) is 54.1 Å². The van der Waals surface area contributed by atoms with Crippen LogP contribution in [0.4, 0.5) is 0 Å². The molecule has 0 saturated heterocycles. The predicted octanol–water partition coefficient (Wildman–Crippen LogP) is 4.24. The van der Waals surface area contributed by atoms with Crippen molar-refractivity contribution in [2.75, 3.05) is 0 Å². The van der Waals surface area contributed by atoms with Crippen molar-refractivity contribution >= 4 is 17.4 Å². The van der Waals surface area contributed by atoms with E-state index in [9.17, 15) is 0 Å². The van der Waals surface area contributed by atoms with Crippen LogP contribution >= 0.6 is 11.6 Å². The standard InChI is InChI=1S/C19H17ClN4O/c1-13-17(12-21-11-14-7-3-2-4-8-14)25-19-22-18(23-24(13)19)15-9-5-6-10-16(15)20/h2-10,21H,11-12H2,1H3. The van der Waals surface area contributed by atoms with Gasteiger partial charge in [0.25, 0.3) is 0 Å². The quantitative estimate of drug-likeness (QED) is 0.583. The molecule has 2 aromatic heterocycles. The number of rotatable bonds is 5. The minimum Gasteiger partial charge on any atom is -0.425 e. The number of aryl methyl sites for hydroxylation is 1. The van der Waals surface area contributed by atoms with Crippen LogP contribution in [0.1, 0.15) is 17.0 Å². The Morgan fingerprint density at radius 2 is 1.80 bits per heavy atom. The number of benzene rings is 2. The van der Waals surface area contributed by atoms with Crippen molar-refractivity contribution in [2.45, 2.75) is 20.0 Å². The van der Waals surface area contributed by atoms with E-state index in [1.807, 2.05) is 49.4 Å². The summed E-state index contributed by atoms with van der Waals surface area (Å²) in [6.45, 7) is 3.37. The van der Waals surface area contributed by atoms with Crippen molar-refractivity contribution in [2.24, 2.45) is 0 Å². The van der Waals surface area contributed by atoms with E-state index >= 15 is 0 Å². The summed E-state index contributed by atoms with van der Waals surface area (Å²) in [6.07, 6.45) is 0. The van der Waals surface area contributed by atoms with Crippen LogP contribution in [0.3, 0.4) is 0 Å². The fraction of sp³-hybridized carbons (Fsp3) is 0.158. The number of oxazole rings is 1. The zero-order valence-corrected chi connectivity index (χ0v) is 14.5. The number of hydrogen-bond donors (Lipinski definition) is 1. The van der Waals surface area contributed by atoms with Gasteiger partial charge >= 0.3 is 5.84 Å². The highest BCUT2D eigenvalue weighted by Crippen LogP contribution is 2.26. The Balaban J connectivity index is 1.53. The fourth-order valence-corrected chi connectivity index (χ4v) is 2.94. The first-order valence-corrected chi connectivity index (χ1v) is 8.45. The van der Waals surface area contributed by atoms with Gasteiger partial charge in [0.05, 0.1) is 17.3 Å². The Morgan fingerprint density at radius 1 is 1.04 bits per heavy atom. The third-order valence-electron chi connectivity index (χ3n) is 4.09. The maximum atomic E-state index is 6.22. The van der Waals surface area contributed by atoms with Gasteiger partial charge in [0.1, 0.15) is 5.76 Å². The zero-order valence-electron chi connectivity index (χ0n) is 13.7. The van der Waals surface area contributed by atoms with Gasteiger partial charge in [-0.2, -0.15) is 9.50 Å². The van der Waals surface area contributed by atoms with Crippen LogP contribution in [0.15, 0.2) is 59.0 Å². The van der Waals surface area contributed by atoms with Crippen molar-refractivity contribution in [3.05, 3.63) is 76.6 Å². The zero-order chi connectivity index (χ0) is 17.2. The molecule has 0 atom stereocenters. The number of nitrogens with zero attached hydrogens (tertiary/aromatic N) is 3. The second kappa shape index (κ2) is 6.70. The molecule has 126 valence electrons. The minimum absolute atomic E-state index is 0.476. The molecular formula is C19H17ClN4O. The summed E-state index contributed by atoms with van der Waals surface area (Å²) in [5, 5.41) is 8.53. The molecular weight excluding hydrogens is 336 g/mol. The molecule has 0 aliphatic carbocycles. The van der Waals surface area contributed by atoms with Crippen LogP contribution in [0.5, 0.6) is 0 Å². The summed E-state index contributed by atoms with van der Waals surface area (Å²) < 4.78 is 7.58. The van der Waals surface area contributed by atoms with Gasteiger partial charge in [-0.05, 0) is 24.6 Å². The van der Waals surface area contributed by atoms with Crippen molar-refractivity contribution in [3.8, 4) is 11.4 Å². The molecule has 5 nitrogen and oxygen atoms in total. The van der Waals surface area contributed by atoms with E-state index in [1.54, 1.807) is 4.52 Å². The molecule has 0 spiro atoms. The van der Waals surface area contributed by atoms with Crippen LogP contribution < -0.4 is 5.32 Å². The maximum Gasteiger partial charge on any atom is 0.325 e. The number of fused-ring (bicyclic) bond motifs is 1. The highest BCUT2D eigenvalue weighted by Gasteiger charge is 2.16. The van der Waals surface area contributed by atoms with E-state index in [4.69, 9.17) is 16.0 Å². The van der Waals surface area contributed by atoms with Gasteiger partial charge in [0.15, 0.2) is 5.82 Å². The normalized spacial score (nSPS) is 11.3. The monoisotopic (exact) mass is 352 g/mol. The average Bonchev–Trinajstić information content (AvgIpc) is 3.16. The number of halogens is 1. The molecule has 4 rings (SSSR count). The van der Waals surface area contributed by atoms with Gasteiger partial charge in [-0.25, -0.2) is 0 Å². The highest BCUT2D eigenvalue weighted by molar-refractivity contribution is 6.33. The van der Waals surface area contributed by atoms with Crippen molar-refractivity contribution < 1.29 is 4.42 Å². The van der Waals surface area contributed by atoms with Crippen molar-refractivity contribution in [3.63, 3.8) is 0 Å². The lowest BCUT2D eigenvalue weighted by Gasteiger charge is -2.03. The Kier molecular flexibility index (Phi) is 4.26. The van der Waals surface area contributed by atoms with E-state index < -0.39 is 0 Å². The van der Waals surface area contributed by atoms with Crippen LogP contribution in [0, 0.1) is 6.92 Å². The lowest BCUT2D eigenvalue weighted by Crippen LogP contribution is -2.13. The molecule has 25 heavy (non-hydrogen) atoms. The van der Waals surface area contributed by atoms with Gasteiger partial charge in [0, 0.05) is 12.1 Å². The number of hydrogen-bond acceptors (Lipinski definition) is 4. The lowest BCUT2D eigenvalue weighted by atomic mass is 10.2. The maximum absolute atomic E-state index is 6.22. The van der Waals surface area contributed by atoms with Gasteiger partial charge < -0.3 is 9.73 Å². The van der Waals surface area contributed by atoms with Gasteiger partial charge in [-0.3, -0.25) is 0 Å². The summed E-state index contributed by atoms with van der Waals surface area (Å²) in [4.78, 5) is 4.46. The lowest BCUT2D eigenvalue weighted by molar-refractivity contribution is 0.502. The molecule has 0 amide bonds. The van der Waals surface area contributed by atoms with Crippen molar-refractivity contribution in [1.82, 2.24) is 19.9 Å². The second-order valence-corrected chi connectivity index (χ2v) is 6.22. The largest absolute Gasteiger partial charge is 0.425 e. The SMILES string of the molecule is Cc1c(CNCc2ccccc2)oc2nc(-c3ccccc3Cl)nn12. The molecule has 4 aromatic rings. The second-order valence-electron chi connectivity index (χ2n) is 5.81. The Hall–Kier alpha value is -2.63. The highest BCUT2D eigenvalue weighted by atomic mass is 35.5. The van der Waals surface area contributed by atoms with E-state index in [2.05, 4.69) is 27.5 Å². The first-order chi connectivity index (χ1) is 12.2. The van der Waals surface area contributed by atoms with Gasteiger partial charge in [0.2, 0.25) is 0 Å². The summed E-state index contributed by atoms with van der Waals surface area (Å²) in [6, 6.07) is 17.8.